The molecule has 0 saturated carbocycles. The normalized spacial score (nSPS) is 14.1. The Morgan fingerprint density at radius 2 is 1.81 bits per heavy atom. The Kier molecular flexibility index (Phi) is 9.67. The summed E-state index contributed by atoms with van der Waals surface area (Å²) in [6, 6.07) is 11.3. The maximum Gasteiger partial charge on any atom is 0.242 e. The predicted octanol–water partition coefficient (Wildman–Crippen LogP) is 3.95. The largest absolute Gasteiger partial charge is 0.454 e. The van der Waals surface area contributed by atoms with Gasteiger partial charge in [0.15, 0.2) is 11.5 Å². The van der Waals surface area contributed by atoms with E-state index in [-0.39, 0.29) is 50.6 Å². The van der Waals surface area contributed by atoms with E-state index in [1.807, 2.05) is 26.0 Å². The van der Waals surface area contributed by atoms with Gasteiger partial charge in [-0.1, -0.05) is 36.7 Å². The molecule has 0 unspecified atom stereocenters. The summed E-state index contributed by atoms with van der Waals surface area (Å²) in [6.07, 6.45) is 2.17. The van der Waals surface area contributed by atoms with E-state index in [0.717, 1.165) is 18.2 Å². The number of amides is 2. The summed E-state index contributed by atoms with van der Waals surface area (Å²) in [4.78, 5) is 27.7. The van der Waals surface area contributed by atoms with E-state index in [9.17, 15) is 18.0 Å². The van der Waals surface area contributed by atoms with Crippen LogP contribution in [0.3, 0.4) is 0 Å². The Morgan fingerprint density at radius 3 is 2.49 bits per heavy atom. The third-order valence-corrected chi connectivity index (χ3v) is 7.83. The van der Waals surface area contributed by atoms with Crippen molar-refractivity contribution in [2.45, 2.75) is 58.7 Å². The van der Waals surface area contributed by atoms with Gasteiger partial charge in [-0.05, 0) is 50.5 Å². The topological polar surface area (TPSA) is 105 Å². The molecule has 2 aromatic rings. The summed E-state index contributed by atoms with van der Waals surface area (Å²) in [5, 5.41) is 3.43. The Labute approximate surface area is 223 Å². The molecule has 1 aliphatic rings. The first-order chi connectivity index (χ1) is 17.5. The van der Waals surface area contributed by atoms with Crippen molar-refractivity contribution in [2.24, 2.45) is 0 Å². The number of hydrogen-bond donors (Lipinski definition) is 1. The third kappa shape index (κ3) is 7.52. The summed E-state index contributed by atoms with van der Waals surface area (Å²) >= 11 is 6.34. The summed E-state index contributed by atoms with van der Waals surface area (Å²) in [7, 11) is -3.62. The molecule has 11 heteroatoms. The molecular weight excluding hydrogens is 518 g/mol. The van der Waals surface area contributed by atoms with E-state index in [4.69, 9.17) is 21.1 Å². The zero-order chi connectivity index (χ0) is 27.2. The van der Waals surface area contributed by atoms with E-state index < -0.39 is 16.1 Å². The second-order valence-corrected chi connectivity index (χ2v) is 11.4. The van der Waals surface area contributed by atoms with Crippen molar-refractivity contribution in [3.63, 3.8) is 0 Å². The highest BCUT2D eigenvalue weighted by Gasteiger charge is 2.28. The van der Waals surface area contributed by atoms with Crippen LogP contribution in [0.4, 0.5) is 5.69 Å². The van der Waals surface area contributed by atoms with Crippen LogP contribution in [-0.4, -0.2) is 56.8 Å². The number of anilines is 1. The first-order valence-corrected chi connectivity index (χ1v) is 14.4. The van der Waals surface area contributed by atoms with Crippen LogP contribution >= 0.6 is 11.6 Å². The average Bonchev–Trinajstić information content (AvgIpc) is 3.32. The van der Waals surface area contributed by atoms with Crippen molar-refractivity contribution in [1.29, 1.82) is 0 Å². The molecule has 1 N–H and O–H groups in total. The van der Waals surface area contributed by atoms with Crippen LogP contribution in [-0.2, 0) is 26.2 Å². The molecule has 2 aromatic carbocycles. The van der Waals surface area contributed by atoms with Crippen LogP contribution in [0.5, 0.6) is 11.5 Å². The fraction of sp³-hybridized carbons (Fsp3) is 0.462. The zero-order valence-electron chi connectivity index (χ0n) is 21.6. The van der Waals surface area contributed by atoms with E-state index in [0.29, 0.717) is 22.2 Å². The van der Waals surface area contributed by atoms with E-state index in [1.54, 1.807) is 37.3 Å². The van der Waals surface area contributed by atoms with Crippen molar-refractivity contribution in [3.05, 3.63) is 53.1 Å². The molecule has 37 heavy (non-hydrogen) atoms. The van der Waals surface area contributed by atoms with Crippen molar-refractivity contribution < 1.29 is 27.5 Å². The van der Waals surface area contributed by atoms with Crippen LogP contribution in [0, 0.1) is 0 Å². The molecule has 0 bridgehead atoms. The molecule has 1 aliphatic heterocycles. The molecule has 0 radical (unpaired) electrons. The van der Waals surface area contributed by atoms with Gasteiger partial charge in [0.2, 0.25) is 28.6 Å². The maximum atomic E-state index is 13.4. The number of fused-ring (bicyclic) bond motifs is 1. The molecule has 202 valence electrons. The lowest BCUT2D eigenvalue weighted by Gasteiger charge is -2.30. The Balaban J connectivity index is 1.74. The van der Waals surface area contributed by atoms with Gasteiger partial charge >= 0.3 is 0 Å². The molecule has 9 nitrogen and oxygen atoms in total. The number of ether oxygens (including phenoxy) is 2. The Bertz CT molecular complexity index is 1220. The summed E-state index contributed by atoms with van der Waals surface area (Å²) in [5.74, 6) is 0.486. The van der Waals surface area contributed by atoms with Gasteiger partial charge in [-0.3, -0.25) is 13.9 Å². The minimum atomic E-state index is -3.62. The highest BCUT2D eigenvalue weighted by atomic mass is 35.5. The molecule has 0 spiro atoms. The first-order valence-electron chi connectivity index (χ1n) is 12.2. The zero-order valence-corrected chi connectivity index (χ0v) is 23.1. The van der Waals surface area contributed by atoms with Gasteiger partial charge in [0.05, 0.1) is 11.9 Å². The monoisotopic (exact) mass is 551 g/mol. The second-order valence-electron chi connectivity index (χ2n) is 9.08. The first kappa shape index (κ1) is 28.6. The molecule has 2 amide bonds. The van der Waals surface area contributed by atoms with Gasteiger partial charge in [0.1, 0.15) is 6.04 Å². The average molecular weight is 552 g/mol. The lowest BCUT2D eigenvalue weighted by Crippen LogP contribution is -2.49. The summed E-state index contributed by atoms with van der Waals surface area (Å²) < 4.78 is 37.0. The van der Waals surface area contributed by atoms with Crippen LogP contribution in [0.2, 0.25) is 5.02 Å². The minimum Gasteiger partial charge on any atom is -0.454 e. The Hall–Kier alpha value is -2.98. The molecule has 0 saturated heterocycles. The molecule has 0 fully saturated rings. The van der Waals surface area contributed by atoms with Gasteiger partial charge in [-0.25, -0.2) is 8.42 Å². The van der Waals surface area contributed by atoms with Crippen molar-refractivity contribution in [1.82, 2.24) is 10.2 Å². The fourth-order valence-electron chi connectivity index (χ4n) is 3.90. The van der Waals surface area contributed by atoms with Gasteiger partial charge in [0, 0.05) is 36.6 Å². The van der Waals surface area contributed by atoms with Crippen LogP contribution in [0.1, 0.15) is 45.6 Å². The second kappa shape index (κ2) is 12.5. The third-order valence-electron chi connectivity index (χ3n) is 6.26. The molecule has 0 aliphatic carbocycles. The molecule has 3 rings (SSSR count). The van der Waals surface area contributed by atoms with E-state index in [1.165, 1.54) is 9.21 Å². The molecular formula is C26H34ClN3O6S. The van der Waals surface area contributed by atoms with Crippen LogP contribution in [0.25, 0.3) is 0 Å². The fourth-order valence-corrected chi connectivity index (χ4v) is 5.06. The predicted molar refractivity (Wildman–Crippen MR) is 143 cm³/mol. The highest BCUT2D eigenvalue weighted by Crippen LogP contribution is 2.36. The standard InChI is InChI=1S/C26H34ClN3O6S/c1-5-18(2)28-26(32)19(3)29(16-20-9-6-7-10-22(20)27)25(31)11-8-14-30(37(4,33)34)21-12-13-23-24(15-21)36-17-35-23/h6-7,9-10,12-13,15,18-19H,5,8,11,14,16-17H2,1-4H3,(H,28,32)/t18-,19+/m0/s1. The SMILES string of the molecule is CC[C@H](C)NC(=O)[C@@H](C)N(Cc1ccccc1Cl)C(=O)CCCN(c1ccc2c(c1)OCO2)S(C)(=O)=O. The number of carbonyl (C=O) groups is 2. The minimum absolute atomic E-state index is 0.0303. The number of halogens is 1. The van der Waals surface area contributed by atoms with Crippen molar-refractivity contribution in [2.75, 3.05) is 23.9 Å². The van der Waals surface area contributed by atoms with Crippen molar-refractivity contribution >= 4 is 39.1 Å². The lowest BCUT2D eigenvalue weighted by atomic mass is 10.1. The number of rotatable bonds is 12. The van der Waals surface area contributed by atoms with Gasteiger partial charge in [-0.2, -0.15) is 0 Å². The summed E-state index contributed by atoms with van der Waals surface area (Å²) in [5.41, 5.74) is 1.15. The number of nitrogens with one attached hydrogen (secondary N) is 1. The Morgan fingerprint density at radius 1 is 1.11 bits per heavy atom. The smallest absolute Gasteiger partial charge is 0.242 e. The highest BCUT2D eigenvalue weighted by molar-refractivity contribution is 7.92. The number of hydrogen-bond acceptors (Lipinski definition) is 6. The molecule has 2 atom stereocenters. The number of nitrogens with zero attached hydrogens (tertiary/aromatic N) is 2. The molecule has 0 aromatic heterocycles. The lowest BCUT2D eigenvalue weighted by molar-refractivity contribution is -0.140. The van der Waals surface area contributed by atoms with Crippen LogP contribution in [0.15, 0.2) is 42.5 Å². The number of sulfonamides is 1. The van der Waals surface area contributed by atoms with Crippen LogP contribution < -0.4 is 19.1 Å². The maximum absolute atomic E-state index is 13.4. The van der Waals surface area contributed by atoms with E-state index in [2.05, 4.69) is 5.32 Å². The quantitative estimate of drug-likeness (QED) is 0.428. The summed E-state index contributed by atoms with van der Waals surface area (Å²) in [6.45, 7) is 5.87. The molecule has 1 heterocycles. The number of benzene rings is 2. The van der Waals surface area contributed by atoms with Gasteiger partial charge in [0.25, 0.3) is 0 Å². The van der Waals surface area contributed by atoms with E-state index >= 15 is 0 Å². The van der Waals surface area contributed by atoms with Crippen molar-refractivity contribution in [3.8, 4) is 11.5 Å². The number of carbonyl (C=O) groups excluding carboxylic acids is 2. The van der Waals surface area contributed by atoms with Gasteiger partial charge in [-0.15, -0.1) is 0 Å². The van der Waals surface area contributed by atoms with Gasteiger partial charge < -0.3 is 19.7 Å².